The normalized spacial score (nSPS) is 18.9. The van der Waals surface area contributed by atoms with Gasteiger partial charge in [-0.05, 0) is 38.8 Å². The maximum atomic E-state index is 12.8. The standard InChI is InChI=1S/C13H15Cl2NO4S/c1-13(2)4-3-5-16(13)21(19,20)10-7-8(14)6-9(11(10)15)12(17)18/h6-7H,3-5H2,1-2H3,(H,17,18). The van der Waals surface area contributed by atoms with Gasteiger partial charge in [0.1, 0.15) is 4.90 Å². The molecule has 1 aliphatic heterocycles. The molecule has 1 heterocycles. The quantitative estimate of drug-likeness (QED) is 0.906. The van der Waals surface area contributed by atoms with E-state index in [4.69, 9.17) is 28.3 Å². The molecule has 0 aliphatic carbocycles. The maximum absolute atomic E-state index is 12.8. The molecule has 1 fully saturated rings. The second-order valence-electron chi connectivity index (χ2n) is 5.56. The fourth-order valence-corrected chi connectivity index (χ4v) is 5.28. The number of hydrogen-bond donors (Lipinski definition) is 1. The molecule has 2 rings (SSSR count). The van der Waals surface area contributed by atoms with Gasteiger partial charge in [-0.3, -0.25) is 0 Å². The van der Waals surface area contributed by atoms with E-state index in [1.165, 1.54) is 10.4 Å². The highest BCUT2D eigenvalue weighted by Gasteiger charge is 2.42. The number of benzene rings is 1. The van der Waals surface area contributed by atoms with Crippen LogP contribution in [0.3, 0.4) is 0 Å². The van der Waals surface area contributed by atoms with Crippen LogP contribution in [0.25, 0.3) is 0 Å². The molecule has 0 atom stereocenters. The van der Waals surface area contributed by atoms with Crippen molar-refractivity contribution >= 4 is 39.2 Å². The fourth-order valence-electron chi connectivity index (χ4n) is 2.55. The van der Waals surface area contributed by atoms with E-state index in [9.17, 15) is 13.2 Å². The predicted molar refractivity (Wildman–Crippen MR) is 80.6 cm³/mol. The minimum Gasteiger partial charge on any atom is -0.478 e. The van der Waals surface area contributed by atoms with E-state index in [1.54, 1.807) is 0 Å². The Morgan fingerprint density at radius 2 is 1.95 bits per heavy atom. The van der Waals surface area contributed by atoms with Crippen LogP contribution >= 0.6 is 23.2 Å². The second kappa shape index (κ2) is 5.43. The van der Waals surface area contributed by atoms with E-state index in [2.05, 4.69) is 0 Å². The minimum absolute atomic E-state index is 0.0207. The number of carboxylic acids is 1. The summed E-state index contributed by atoms with van der Waals surface area (Å²) >= 11 is 11.8. The third-order valence-electron chi connectivity index (χ3n) is 3.63. The van der Waals surface area contributed by atoms with Crippen LogP contribution in [0.15, 0.2) is 17.0 Å². The van der Waals surface area contributed by atoms with Crippen LogP contribution in [0.4, 0.5) is 0 Å². The maximum Gasteiger partial charge on any atom is 0.337 e. The molecule has 0 radical (unpaired) electrons. The van der Waals surface area contributed by atoms with Crippen molar-refractivity contribution in [2.45, 2.75) is 37.1 Å². The van der Waals surface area contributed by atoms with Crippen LogP contribution in [-0.4, -0.2) is 35.9 Å². The van der Waals surface area contributed by atoms with Gasteiger partial charge in [-0.2, -0.15) is 4.31 Å². The number of carbonyl (C=O) groups is 1. The number of aromatic carboxylic acids is 1. The molecule has 1 N–H and O–H groups in total. The lowest BCUT2D eigenvalue weighted by Crippen LogP contribution is -2.42. The summed E-state index contributed by atoms with van der Waals surface area (Å²) in [6.07, 6.45) is 1.48. The van der Waals surface area contributed by atoms with E-state index in [0.29, 0.717) is 6.54 Å². The monoisotopic (exact) mass is 351 g/mol. The van der Waals surface area contributed by atoms with Gasteiger partial charge in [0.05, 0.1) is 10.6 Å². The summed E-state index contributed by atoms with van der Waals surface area (Å²) in [5.74, 6) is -1.32. The molecule has 0 amide bonds. The number of halogens is 2. The van der Waals surface area contributed by atoms with Gasteiger partial charge in [-0.15, -0.1) is 0 Å². The molecule has 0 unspecified atom stereocenters. The molecule has 8 heteroatoms. The highest BCUT2D eigenvalue weighted by atomic mass is 35.5. The molecule has 0 aromatic heterocycles. The van der Waals surface area contributed by atoms with Crippen molar-refractivity contribution in [3.63, 3.8) is 0 Å². The molecule has 1 saturated heterocycles. The van der Waals surface area contributed by atoms with Crippen molar-refractivity contribution in [2.24, 2.45) is 0 Å². The third-order valence-corrected chi connectivity index (χ3v) is 6.50. The van der Waals surface area contributed by atoms with Gasteiger partial charge in [-0.25, -0.2) is 13.2 Å². The number of sulfonamides is 1. The van der Waals surface area contributed by atoms with E-state index in [-0.39, 0.29) is 20.5 Å². The zero-order valence-electron chi connectivity index (χ0n) is 11.6. The zero-order chi connectivity index (χ0) is 16.0. The molecule has 1 aromatic rings. The molecule has 0 saturated carbocycles. The van der Waals surface area contributed by atoms with Crippen molar-refractivity contribution in [1.82, 2.24) is 4.31 Å². The molecule has 0 spiro atoms. The Labute approximate surface area is 133 Å². The van der Waals surface area contributed by atoms with Gasteiger partial charge in [0.25, 0.3) is 0 Å². The first kappa shape index (κ1) is 16.5. The molecule has 116 valence electrons. The molecule has 21 heavy (non-hydrogen) atoms. The average molecular weight is 352 g/mol. The van der Waals surface area contributed by atoms with Crippen molar-refractivity contribution in [3.05, 3.63) is 27.7 Å². The van der Waals surface area contributed by atoms with Gasteiger partial charge in [0.15, 0.2) is 0 Å². The molecular weight excluding hydrogens is 337 g/mol. The van der Waals surface area contributed by atoms with Gasteiger partial charge in [0, 0.05) is 17.1 Å². The Bertz CT molecular complexity index is 700. The zero-order valence-corrected chi connectivity index (χ0v) is 13.9. The summed E-state index contributed by atoms with van der Waals surface area (Å²) in [5.41, 5.74) is -0.854. The smallest absolute Gasteiger partial charge is 0.337 e. The number of carboxylic acid groups (broad SMARTS) is 1. The van der Waals surface area contributed by atoms with Crippen LogP contribution < -0.4 is 0 Å². The lowest BCUT2D eigenvalue weighted by molar-refractivity contribution is 0.0697. The molecule has 5 nitrogen and oxygen atoms in total. The van der Waals surface area contributed by atoms with Gasteiger partial charge in [-0.1, -0.05) is 23.2 Å². The SMILES string of the molecule is CC1(C)CCCN1S(=O)(=O)c1cc(Cl)cc(C(=O)O)c1Cl. The summed E-state index contributed by atoms with van der Waals surface area (Å²) in [7, 11) is -3.90. The van der Waals surface area contributed by atoms with E-state index in [0.717, 1.165) is 18.9 Å². The van der Waals surface area contributed by atoms with Crippen LogP contribution in [0.5, 0.6) is 0 Å². The number of rotatable bonds is 3. The Balaban J connectivity index is 2.63. The van der Waals surface area contributed by atoms with E-state index >= 15 is 0 Å². The number of hydrogen-bond acceptors (Lipinski definition) is 3. The summed E-state index contributed by atoms with van der Waals surface area (Å²) < 4.78 is 26.9. The van der Waals surface area contributed by atoms with Crippen molar-refractivity contribution in [3.8, 4) is 0 Å². The van der Waals surface area contributed by atoms with Crippen LogP contribution in [0, 0.1) is 0 Å². The highest BCUT2D eigenvalue weighted by Crippen LogP contribution is 2.38. The van der Waals surface area contributed by atoms with Gasteiger partial charge >= 0.3 is 5.97 Å². The van der Waals surface area contributed by atoms with Gasteiger partial charge < -0.3 is 5.11 Å². The second-order valence-corrected chi connectivity index (χ2v) is 8.21. The molecule has 1 aromatic carbocycles. The lowest BCUT2D eigenvalue weighted by atomic mass is 10.0. The van der Waals surface area contributed by atoms with Crippen molar-refractivity contribution in [1.29, 1.82) is 0 Å². The Morgan fingerprint density at radius 3 is 2.43 bits per heavy atom. The molecular formula is C13H15Cl2NO4S. The first-order chi connectivity index (χ1) is 9.57. The van der Waals surface area contributed by atoms with Crippen LogP contribution in [-0.2, 0) is 10.0 Å². The summed E-state index contributed by atoms with van der Waals surface area (Å²) in [6, 6.07) is 2.33. The van der Waals surface area contributed by atoms with E-state index < -0.39 is 21.5 Å². The van der Waals surface area contributed by atoms with Crippen molar-refractivity contribution < 1.29 is 18.3 Å². The molecule has 0 bridgehead atoms. The van der Waals surface area contributed by atoms with Crippen LogP contribution in [0.1, 0.15) is 37.0 Å². The Kier molecular flexibility index (Phi) is 4.28. The first-order valence-electron chi connectivity index (χ1n) is 6.32. The summed E-state index contributed by atoms with van der Waals surface area (Å²) in [4.78, 5) is 10.9. The minimum atomic E-state index is -3.90. The topological polar surface area (TPSA) is 74.7 Å². The van der Waals surface area contributed by atoms with Crippen molar-refractivity contribution in [2.75, 3.05) is 6.54 Å². The van der Waals surface area contributed by atoms with Crippen LogP contribution in [0.2, 0.25) is 10.0 Å². The lowest BCUT2D eigenvalue weighted by Gasteiger charge is -2.31. The third kappa shape index (κ3) is 2.90. The Morgan fingerprint density at radius 1 is 1.33 bits per heavy atom. The Hall–Kier alpha value is -0.820. The average Bonchev–Trinajstić information content (AvgIpc) is 2.71. The highest BCUT2D eigenvalue weighted by molar-refractivity contribution is 7.89. The molecule has 1 aliphatic rings. The summed E-state index contributed by atoms with van der Waals surface area (Å²) in [5, 5.41) is 8.81. The largest absolute Gasteiger partial charge is 0.478 e. The number of nitrogens with zero attached hydrogens (tertiary/aromatic N) is 1. The van der Waals surface area contributed by atoms with E-state index in [1.807, 2.05) is 13.8 Å². The first-order valence-corrected chi connectivity index (χ1v) is 8.52. The summed E-state index contributed by atoms with van der Waals surface area (Å²) in [6.45, 7) is 4.03. The fraction of sp³-hybridized carbons (Fsp3) is 0.462. The predicted octanol–water partition coefficient (Wildman–Crippen LogP) is 3.25. The van der Waals surface area contributed by atoms with Gasteiger partial charge in [0.2, 0.25) is 10.0 Å².